The Hall–Kier alpha value is -2.95. The fourth-order valence-corrected chi connectivity index (χ4v) is 1.94. The van der Waals surface area contributed by atoms with Crippen molar-refractivity contribution in [3.63, 3.8) is 0 Å². The normalized spacial score (nSPS) is 16.6. The molecule has 0 radical (unpaired) electrons. The number of nitrogens with one attached hydrogen (secondary N) is 1. The molecule has 0 unspecified atom stereocenters. The molecule has 2 amide bonds. The molecular formula is C15H11N3O2. The van der Waals surface area contributed by atoms with E-state index in [9.17, 15) is 9.59 Å². The molecule has 1 aliphatic rings. The van der Waals surface area contributed by atoms with Crippen LogP contribution in [0.4, 0.5) is 5.69 Å². The molecule has 1 aliphatic heterocycles. The van der Waals surface area contributed by atoms with E-state index in [-0.39, 0.29) is 11.5 Å². The highest BCUT2D eigenvalue weighted by molar-refractivity contribution is 6.31. The summed E-state index contributed by atoms with van der Waals surface area (Å²) in [6, 6.07) is 12.4. The van der Waals surface area contributed by atoms with Gasteiger partial charge >= 0.3 is 0 Å². The Morgan fingerprint density at radius 1 is 1.00 bits per heavy atom. The van der Waals surface area contributed by atoms with Crippen LogP contribution in [-0.4, -0.2) is 16.8 Å². The van der Waals surface area contributed by atoms with Gasteiger partial charge in [0, 0.05) is 12.4 Å². The van der Waals surface area contributed by atoms with E-state index in [4.69, 9.17) is 0 Å². The molecule has 0 atom stereocenters. The van der Waals surface area contributed by atoms with Gasteiger partial charge in [-0.15, -0.1) is 0 Å². The van der Waals surface area contributed by atoms with Crippen LogP contribution in [-0.2, 0) is 9.59 Å². The van der Waals surface area contributed by atoms with Crippen LogP contribution in [0, 0.1) is 0 Å². The van der Waals surface area contributed by atoms with Crippen LogP contribution in [0.5, 0.6) is 0 Å². The number of anilines is 1. The molecule has 0 spiro atoms. The number of hydrogen-bond acceptors (Lipinski definition) is 3. The van der Waals surface area contributed by atoms with E-state index in [0.717, 1.165) is 5.56 Å². The fourth-order valence-electron chi connectivity index (χ4n) is 1.94. The minimum Gasteiger partial charge on any atom is -0.267 e. The van der Waals surface area contributed by atoms with Crippen molar-refractivity contribution >= 4 is 23.6 Å². The number of amides is 2. The van der Waals surface area contributed by atoms with E-state index < -0.39 is 5.91 Å². The third kappa shape index (κ3) is 2.16. The van der Waals surface area contributed by atoms with Crippen molar-refractivity contribution in [1.29, 1.82) is 0 Å². The first-order chi connectivity index (χ1) is 9.75. The van der Waals surface area contributed by atoms with Crippen molar-refractivity contribution in [2.45, 2.75) is 0 Å². The Labute approximate surface area is 115 Å². The molecule has 5 heteroatoms. The Morgan fingerprint density at radius 2 is 1.70 bits per heavy atom. The fraction of sp³-hybridized carbons (Fsp3) is 0. The van der Waals surface area contributed by atoms with Gasteiger partial charge in [0.25, 0.3) is 11.8 Å². The van der Waals surface area contributed by atoms with Gasteiger partial charge in [0.05, 0.1) is 5.69 Å². The molecule has 1 aromatic heterocycles. The molecule has 5 nitrogen and oxygen atoms in total. The lowest BCUT2D eigenvalue weighted by Crippen LogP contribution is -2.35. The zero-order valence-electron chi connectivity index (χ0n) is 10.5. The number of pyridine rings is 1. The quantitative estimate of drug-likeness (QED) is 0.662. The number of aromatic nitrogens is 1. The minimum atomic E-state index is -0.407. The van der Waals surface area contributed by atoms with Gasteiger partial charge < -0.3 is 0 Å². The molecular weight excluding hydrogens is 254 g/mol. The summed E-state index contributed by atoms with van der Waals surface area (Å²) in [5.41, 5.74) is 4.05. The van der Waals surface area contributed by atoms with Crippen molar-refractivity contribution < 1.29 is 9.59 Å². The summed E-state index contributed by atoms with van der Waals surface area (Å²) in [5.74, 6) is -0.770. The van der Waals surface area contributed by atoms with Crippen LogP contribution in [0.3, 0.4) is 0 Å². The maximum atomic E-state index is 12.3. The molecule has 1 saturated heterocycles. The van der Waals surface area contributed by atoms with Gasteiger partial charge in [-0.05, 0) is 35.9 Å². The molecule has 1 N–H and O–H groups in total. The van der Waals surface area contributed by atoms with Gasteiger partial charge in [-0.3, -0.25) is 20.0 Å². The molecule has 20 heavy (non-hydrogen) atoms. The molecule has 1 fully saturated rings. The highest BCUT2D eigenvalue weighted by Crippen LogP contribution is 2.20. The van der Waals surface area contributed by atoms with E-state index in [1.807, 2.05) is 6.07 Å². The zero-order chi connectivity index (χ0) is 13.9. The highest BCUT2D eigenvalue weighted by atomic mass is 16.2. The summed E-state index contributed by atoms with van der Waals surface area (Å²) in [4.78, 5) is 28.1. The van der Waals surface area contributed by atoms with Gasteiger partial charge in [0.15, 0.2) is 0 Å². The Morgan fingerprint density at radius 3 is 2.40 bits per heavy atom. The minimum absolute atomic E-state index is 0.111. The molecule has 2 aromatic rings. The molecule has 98 valence electrons. The summed E-state index contributed by atoms with van der Waals surface area (Å²) >= 11 is 0. The van der Waals surface area contributed by atoms with E-state index in [1.165, 1.54) is 5.01 Å². The van der Waals surface area contributed by atoms with Crippen molar-refractivity contribution in [2.24, 2.45) is 0 Å². The first kappa shape index (κ1) is 12.1. The second kappa shape index (κ2) is 4.97. The third-order valence-corrected chi connectivity index (χ3v) is 2.92. The van der Waals surface area contributed by atoms with Crippen molar-refractivity contribution in [2.75, 3.05) is 5.01 Å². The predicted molar refractivity (Wildman–Crippen MR) is 74.3 cm³/mol. The number of para-hydroxylation sites is 1. The Bertz CT molecular complexity index is 681. The second-order valence-electron chi connectivity index (χ2n) is 4.26. The third-order valence-electron chi connectivity index (χ3n) is 2.92. The van der Waals surface area contributed by atoms with Gasteiger partial charge in [0.2, 0.25) is 0 Å². The smallest absolute Gasteiger partial charge is 0.267 e. The van der Waals surface area contributed by atoms with Gasteiger partial charge in [-0.2, -0.15) is 0 Å². The monoisotopic (exact) mass is 265 g/mol. The topological polar surface area (TPSA) is 62.3 Å². The summed E-state index contributed by atoms with van der Waals surface area (Å²) < 4.78 is 0. The summed E-state index contributed by atoms with van der Waals surface area (Å²) in [7, 11) is 0. The largest absolute Gasteiger partial charge is 0.282 e. The average molecular weight is 265 g/mol. The Kier molecular flexibility index (Phi) is 3.01. The molecule has 0 aliphatic carbocycles. The Balaban J connectivity index is 1.94. The van der Waals surface area contributed by atoms with Crippen molar-refractivity contribution in [1.82, 2.24) is 10.4 Å². The van der Waals surface area contributed by atoms with Gasteiger partial charge in [-0.1, -0.05) is 18.2 Å². The molecule has 2 heterocycles. The lowest BCUT2D eigenvalue weighted by Gasteiger charge is -2.13. The number of rotatable bonds is 2. The maximum Gasteiger partial charge on any atom is 0.282 e. The van der Waals surface area contributed by atoms with Crippen LogP contribution in [0.2, 0.25) is 0 Å². The van der Waals surface area contributed by atoms with Gasteiger partial charge in [0.1, 0.15) is 5.57 Å². The SMILES string of the molecule is O=C1NN(c2ccccc2)C(=O)/C1=C/c1ccncc1. The number of carbonyl (C=O) groups is 2. The zero-order valence-corrected chi connectivity index (χ0v) is 10.5. The molecule has 1 aromatic carbocycles. The first-order valence-corrected chi connectivity index (χ1v) is 6.08. The van der Waals surface area contributed by atoms with E-state index in [2.05, 4.69) is 10.4 Å². The first-order valence-electron chi connectivity index (χ1n) is 6.08. The van der Waals surface area contributed by atoms with E-state index in [1.54, 1.807) is 54.9 Å². The van der Waals surface area contributed by atoms with Crippen LogP contribution >= 0.6 is 0 Å². The van der Waals surface area contributed by atoms with Crippen molar-refractivity contribution in [3.05, 3.63) is 66.0 Å². The lowest BCUT2D eigenvalue weighted by molar-refractivity contribution is -0.117. The van der Waals surface area contributed by atoms with Gasteiger partial charge in [-0.25, -0.2) is 5.01 Å². The lowest BCUT2D eigenvalue weighted by atomic mass is 10.1. The molecule has 3 rings (SSSR count). The number of hydrazine groups is 1. The predicted octanol–water partition coefficient (Wildman–Crippen LogP) is 1.54. The number of carbonyl (C=O) groups excluding carboxylic acids is 2. The highest BCUT2D eigenvalue weighted by Gasteiger charge is 2.34. The van der Waals surface area contributed by atoms with Crippen LogP contribution in [0.25, 0.3) is 6.08 Å². The number of hydrogen-bond donors (Lipinski definition) is 1. The average Bonchev–Trinajstić information content (AvgIpc) is 2.77. The molecule has 0 bridgehead atoms. The van der Waals surface area contributed by atoms with Crippen molar-refractivity contribution in [3.8, 4) is 0 Å². The van der Waals surface area contributed by atoms with Crippen LogP contribution in [0.15, 0.2) is 60.4 Å². The molecule has 0 saturated carbocycles. The number of benzene rings is 1. The van der Waals surface area contributed by atoms with Crippen LogP contribution < -0.4 is 10.4 Å². The summed E-state index contributed by atoms with van der Waals surface area (Å²) in [6.07, 6.45) is 4.78. The second-order valence-corrected chi connectivity index (χ2v) is 4.26. The van der Waals surface area contributed by atoms with Crippen LogP contribution in [0.1, 0.15) is 5.56 Å². The van der Waals surface area contributed by atoms with E-state index >= 15 is 0 Å². The number of nitrogens with zero attached hydrogens (tertiary/aromatic N) is 2. The standard InChI is InChI=1S/C15H11N3O2/c19-14-13(10-11-6-8-16-9-7-11)15(20)18(17-14)12-4-2-1-3-5-12/h1-10H,(H,17,19)/b13-10+. The van der Waals surface area contributed by atoms with E-state index in [0.29, 0.717) is 5.69 Å². The summed E-state index contributed by atoms with van der Waals surface area (Å²) in [5, 5.41) is 1.25. The summed E-state index contributed by atoms with van der Waals surface area (Å²) in [6.45, 7) is 0. The maximum absolute atomic E-state index is 12.3.